The summed E-state index contributed by atoms with van der Waals surface area (Å²) in [5.74, 6) is -0.935. The molecule has 0 spiro atoms. The summed E-state index contributed by atoms with van der Waals surface area (Å²) in [6, 6.07) is 9.66. The van der Waals surface area contributed by atoms with E-state index >= 15 is 0 Å². The molecule has 1 fully saturated rings. The highest BCUT2D eigenvalue weighted by Crippen LogP contribution is 2.51. The van der Waals surface area contributed by atoms with Gasteiger partial charge in [-0.2, -0.15) is 0 Å². The van der Waals surface area contributed by atoms with Gasteiger partial charge >= 0.3 is 11.9 Å². The molecule has 2 heterocycles. The minimum Gasteiger partial charge on any atom is -0.486 e. The van der Waals surface area contributed by atoms with E-state index in [-0.39, 0.29) is 11.7 Å². The van der Waals surface area contributed by atoms with Crippen molar-refractivity contribution in [3.63, 3.8) is 0 Å². The average molecular weight is 318 g/mol. The van der Waals surface area contributed by atoms with Gasteiger partial charge in [0.25, 0.3) is 0 Å². The van der Waals surface area contributed by atoms with Crippen molar-refractivity contribution in [3.8, 4) is 0 Å². The predicted molar refractivity (Wildman–Crippen MR) is 79.2 cm³/mol. The lowest BCUT2D eigenvalue weighted by atomic mass is 9.96. The molecule has 0 N–H and O–H groups in total. The van der Waals surface area contributed by atoms with Gasteiger partial charge < -0.3 is 18.9 Å². The lowest BCUT2D eigenvalue weighted by Crippen LogP contribution is -2.33. The van der Waals surface area contributed by atoms with E-state index in [1.54, 1.807) is 6.92 Å². The van der Waals surface area contributed by atoms with Gasteiger partial charge in [0.05, 0.1) is 14.2 Å². The van der Waals surface area contributed by atoms with Crippen molar-refractivity contribution in [1.82, 2.24) is 0 Å². The van der Waals surface area contributed by atoms with Crippen LogP contribution in [0.3, 0.4) is 0 Å². The molecule has 23 heavy (non-hydrogen) atoms. The third-order valence-electron chi connectivity index (χ3n) is 4.19. The minimum absolute atomic E-state index is 0.0836. The van der Waals surface area contributed by atoms with Gasteiger partial charge in [0, 0.05) is 6.42 Å². The maximum atomic E-state index is 12.1. The number of hydrogen-bond donors (Lipinski definition) is 0. The highest BCUT2D eigenvalue weighted by Gasteiger charge is 2.56. The molecule has 0 radical (unpaired) electrons. The summed E-state index contributed by atoms with van der Waals surface area (Å²) in [5.41, 5.74) is 0.210. The van der Waals surface area contributed by atoms with Crippen LogP contribution in [0, 0.1) is 0 Å². The van der Waals surface area contributed by atoms with Crippen LogP contribution in [0.25, 0.3) is 0 Å². The zero-order chi connectivity index (χ0) is 16.6. The van der Waals surface area contributed by atoms with Crippen LogP contribution in [0.2, 0.25) is 0 Å². The summed E-state index contributed by atoms with van der Waals surface area (Å²) in [7, 11) is 2.50. The van der Waals surface area contributed by atoms with Crippen molar-refractivity contribution in [2.75, 3.05) is 14.2 Å². The fourth-order valence-electron chi connectivity index (χ4n) is 3.08. The third kappa shape index (κ3) is 2.49. The van der Waals surface area contributed by atoms with E-state index in [1.165, 1.54) is 14.2 Å². The quantitative estimate of drug-likeness (QED) is 0.793. The number of carbonyl (C=O) groups is 2. The van der Waals surface area contributed by atoms with E-state index in [1.807, 2.05) is 30.3 Å². The van der Waals surface area contributed by atoms with Crippen LogP contribution in [-0.2, 0) is 28.5 Å². The number of fused-ring (bicyclic) bond motifs is 1. The second-order valence-electron chi connectivity index (χ2n) is 5.71. The van der Waals surface area contributed by atoms with E-state index < -0.39 is 23.6 Å². The highest BCUT2D eigenvalue weighted by molar-refractivity contribution is 5.98. The molecule has 2 aliphatic heterocycles. The summed E-state index contributed by atoms with van der Waals surface area (Å²) in [6.45, 7) is 1.80. The summed E-state index contributed by atoms with van der Waals surface area (Å²) in [4.78, 5) is 24.1. The summed E-state index contributed by atoms with van der Waals surface area (Å²) in [6.07, 6.45) is -0.862. The number of hydrogen-bond acceptors (Lipinski definition) is 6. The van der Waals surface area contributed by atoms with E-state index in [0.29, 0.717) is 12.2 Å². The maximum absolute atomic E-state index is 12.1. The number of methoxy groups -OCH3 is 2. The van der Waals surface area contributed by atoms with Crippen molar-refractivity contribution in [2.45, 2.75) is 31.2 Å². The largest absolute Gasteiger partial charge is 0.486 e. The van der Waals surface area contributed by atoms with Crippen molar-refractivity contribution in [1.29, 1.82) is 0 Å². The Hall–Kier alpha value is -2.34. The first kappa shape index (κ1) is 15.6. The van der Waals surface area contributed by atoms with Crippen molar-refractivity contribution in [3.05, 3.63) is 47.2 Å². The number of carbonyl (C=O) groups excluding carboxylic acids is 2. The van der Waals surface area contributed by atoms with Crippen LogP contribution in [0.4, 0.5) is 0 Å². The Morgan fingerprint density at radius 2 is 1.87 bits per heavy atom. The average Bonchev–Trinajstić information content (AvgIpc) is 3.04. The molecule has 6 nitrogen and oxygen atoms in total. The van der Waals surface area contributed by atoms with Gasteiger partial charge in [-0.05, 0) is 12.5 Å². The third-order valence-corrected chi connectivity index (χ3v) is 4.19. The van der Waals surface area contributed by atoms with E-state index in [9.17, 15) is 9.59 Å². The summed E-state index contributed by atoms with van der Waals surface area (Å²) in [5, 5.41) is 0. The van der Waals surface area contributed by atoms with E-state index in [4.69, 9.17) is 18.9 Å². The standard InChI is InChI=1S/C17H18O6/c1-17-9-11(10-7-5-4-6-8-10)22-14(17)12(15(18)20-2)13(23-17)16(19)21-3/h4-8,11,13H,9H2,1-3H3/t11-,13-,17+/m1/s1. The Kier molecular flexibility index (Phi) is 3.85. The normalized spacial score (nSPS) is 29.0. The summed E-state index contributed by atoms with van der Waals surface area (Å²) < 4.78 is 21.3. The van der Waals surface area contributed by atoms with Crippen LogP contribution in [0.5, 0.6) is 0 Å². The molecule has 0 aromatic heterocycles. The SMILES string of the molecule is COC(=O)C1=C2O[C@@H](c3ccccc3)C[C@]2(C)O[C@H]1C(=O)OC. The van der Waals surface area contributed by atoms with Gasteiger partial charge in [0.1, 0.15) is 23.0 Å². The second-order valence-corrected chi connectivity index (χ2v) is 5.71. The Balaban J connectivity index is 2.00. The van der Waals surface area contributed by atoms with Crippen LogP contribution in [0.15, 0.2) is 41.7 Å². The molecule has 0 bridgehead atoms. The topological polar surface area (TPSA) is 71.1 Å². The number of benzene rings is 1. The Bertz CT molecular complexity index is 665. The van der Waals surface area contributed by atoms with Crippen molar-refractivity contribution >= 4 is 11.9 Å². The predicted octanol–water partition coefficient (Wildman–Crippen LogP) is 1.91. The molecule has 0 aliphatic carbocycles. The molecular weight excluding hydrogens is 300 g/mol. The second kappa shape index (κ2) is 5.70. The van der Waals surface area contributed by atoms with Gasteiger partial charge in [-0.1, -0.05) is 30.3 Å². The van der Waals surface area contributed by atoms with Gasteiger partial charge in [-0.25, -0.2) is 9.59 Å². The van der Waals surface area contributed by atoms with Gasteiger partial charge in [-0.15, -0.1) is 0 Å². The molecule has 0 unspecified atom stereocenters. The van der Waals surface area contributed by atoms with Gasteiger partial charge in [0.15, 0.2) is 6.10 Å². The smallest absolute Gasteiger partial charge is 0.340 e. The fraction of sp³-hybridized carbons (Fsp3) is 0.412. The minimum atomic E-state index is -1.12. The van der Waals surface area contributed by atoms with Crippen molar-refractivity contribution in [2.24, 2.45) is 0 Å². The number of rotatable bonds is 3. The fourth-order valence-corrected chi connectivity index (χ4v) is 3.08. The van der Waals surface area contributed by atoms with E-state index in [2.05, 4.69) is 0 Å². The lowest BCUT2D eigenvalue weighted by molar-refractivity contribution is -0.158. The van der Waals surface area contributed by atoms with Crippen LogP contribution in [0.1, 0.15) is 25.0 Å². The molecule has 1 aromatic rings. The Morgan fingerprint density at radius 3 is 2.48 bits per heavy atom. The molecular formula is C17H18O6. The molecule has 1 saturated heterocycles. The maximum Gasteiger partial charge on any atom is 0.340 e. The molecule has 3 rings (SSSR count). The Morgan fingerprint density at radius 1 is 1.17 bits per heavy atom. The zero-order valence-electron chi connectivity index (χ0n) is 13.2. The van der Waals surface area contributed by atoms with Gasteiger partial charge in [0.2, 0.25) is 0 Å². The zero-order valence-corrected chi connectivity index (χ0v) is 13.2. The molecule has 6 heteroatoms. The van der Waals surface area contributed by atoms with E-state index in [0.717, 1.165) is 5.56 Å². The first-order valence-electron chi connectivity index (χ1n) is 7.30. The monoisotopic (exact) mass is 318 g/mol. The highest BCUT2D eigenvalue weighted by atomic mass is 16.6. The molecule has 122 valence electrons. The first-order chi connectivity index (χ1) is 11.0. The van der Waals surface area contributed by atoms with Crippen LogP contribution < -0.4 is 0 Å². The van der Waals surface area contributed by atoms with Gasteiger partial charge in [-0.3, -0.25) is 0 Å². The molecule has 2 aliphatic rings. The lowest BCUT2D eigenvalue weighted by Gasteiger charge is -2.20. The summed E-state index contributed by atoms with van der Waals surface area (Å²) >= 11 is 0. The van der Waals surface area contributed by atoms with Crippen molar-refractivity contribution < 1.29 is 28.5 Å². The molecule has 0 amide bonds. The molecule has 0 saturated carbocycles. The number of esters is 2. The van der Waals surface area contributed by atoms with Crippen LogP contribution >= 0.6 is 0 Å². The molecule has 1 aromatic carbocycles. The molecule has 3 atom stereocenters. The van der Waals surface area contributed by atoms with Crippen LogP contribution in [-0.4, -0.2) is 37.9 Å². The Labute approximate surface area is 134 Å². The first-order valence-corrected chi connectivity index (χ1v) is 7.30. The number of ether oxygens (including phenoxy) is 4.